The van der Waals surface area contributed by atoms with E-state index < -0.39 is 5.54 Å². The Labute approximate surface area is 110 Å². The van der Waals surface area contributed by atoms with Crippen molar-refractivity contribution in [3.63, 3.8) is 0 Å². The highest BCUT2D eigenvalue weighted by molar-refractivity contribution is 5.80. The van der Waals surface area contributed by atoms with Crippen LogP contribution >= 0.6 is 0 Å². The average Bonchev–Trinajstić information content (AvgIpc) is 2.66. The van der Waals surface area contributed by atoms with E-state index in [9.17, 15) is 4.79 Å². The molecule has 1 rings (SSSR count). The van der Waals surface area contributed by atoms with E-state index in [1.165, 1.54) is 45.6 Å². The minimum atomic E-state index is -0.737. The SMILES string of the molecule is CNC(C)(COCC1CCCCCC1)C(=O)OC. The second kappa shape index (κ2) is 7.74. The first-order chi connectivity index (χ1) is 8.62. The van der Waals surface area contributed by atoms with Crippen molar-refractivity contribution in [3.05, 3.63) is 0 Å². The Balaban J connectivity index is 2.32. The molecule has 0 heterocycles. The Kier molecular flexibility index (Phi) is 6.65. The van der Waals surface area contributed by atoms with Crippen LogP contribution in [0, 0.1) is 5.92 Å². The number of carbonyl (C=O) groups is 1. The molecular formula is C14H27NO3. The molecule has 0 aromatic carbocycles. The van der Waals surface area contributed by atoms with Gasteiger partial charge in [-0.15, -0.1) is 0 Å². The Morgan fingerprint density at radius 3 is 2.39 bits per heavy atom. The molecule has 106 valence electrons. The number of carbonyl (C=O) groups excluding carboxylic acids is 1. The minimum Gasteiger partial charge on any atom is -0.468 e. The van der Waals surface area contributed by atoms with Gasteiger partial charge < -0.3 is 14.8 Å². The Morgan fingerprint density at radius 2 is 1.89 bits per heavy atom. The molecule has 1 atom stereocenters. The van der Waals surface area contributed by atoms with Crippen molar-refractivity contribution in [2.45, 2.75) is 51.0 Å². The number of hydrogen-bond donors (Lipinski definition) is 1. The molecule has 0 bridgehead atoms. The minimum absolute atomic E-state index is 0.272. The lowest BCUT2D eigenvalue weighted by molar-refractivity contribution is -0.150. The predicted octanol–water partition coefficient (Wildman–Crippen LogP) is 2.12. The van der Waals surface area contributed by atoms with Crippen molar-refractivity contribution in [2.75, 3.05) is 27.4 Å². The summed E-state index contributed by atoms with van der Waals surface area (Å²) in [6, 6.07) is 0. The van der Waals surface area contributed by atoms with Crippen molar-refractivity contribution in [1.29, 1.82) is 0 Å². The summed E-state index contributed by atoms with van der Waals surface area (Å²) in [6.07, 6.45) is 7.85. The molecular weight excluding hydrogens is 230 g/mol. The van der Waals surface area contributed by atoms with Gasteiger partial charge in [0.15, 0.2) is 0 Å². The molecule has 1 aliphatic rings. The van der Waals surface area contributed by atoms with Crippen molar-refractivity contribution in [3.8, 4) is 0 Å². The molecule has 1 N–H and O–H groups in total. The lowest BCUT2D eigenvalue weighted by Gasteiger charge is -2.26. The molecule has 0 radical (unpaired) electrons. The van der Waals surface area contributed by atoms with Crippen LogP contribution in [0.3, 0.4) is 0 Å². The van der Waals surface area contributed by atoms with Gasteiger partial charge in [-0.1, -0.05) is 25.7 Å². The first-order valence-corrected chi connectivity index (χ1v) is 6.97. The number of methoxy groups -OCH3 is 1. The van der Waals surface area contributed by atoms with E-state index in [0.29, 0.717) is 12.5 Å². The molecule has 0 spiro atoms. The number of likely N-dealkylation sites (N-methyl/N-ethyl adjacent to an activating group) is 1. The maximum Gasteiger partial charge on any atom is 0.328 e. The largest absolute Gasteiger partial charge is 0.468 e. The summed E-state index contributed by atoms with van der Waals surface area (Å²) in [7, 11) is 3.16. The van der Waals surface area contributed by atoms with E-state index in [-0.39, 0.29) is 5.97 Å². The van der Waals surface area contributed by atoms with E-state index >= 15 is 0 Å². The van der Waals surface area contributed by atoms with Crippen molar-refractivity contribution >= 4 is 5.97 Å². The zero-order valence-corrected chi connectivity index (χ0v) is 12.0. The van der Waals surface area contributed by atoms with Crippen LogP contribution in [0.5, 0.6) is 0 Å². The maximum absolute atomic E-state index is 11.6. The van der Waals surface area contributed by atoms with Gasteiger partial charge in [-0.3, -0.25) is 0 Å². The quantitative estimate of drug-likeness (QED) is 0.585. The summed E-state index contributed by atoms with van der Waals surface area (Å²) in [5, 5.41) is 2.98. The lowest BCUT2D eigenvalue weighted by atomic mass is 10.0. The van der Waals surface area contributed by atoms with Crippen LogP contribution in [-0.2, 0) is 14.3 Å². The van der Waals surface area contributed by atoms with Gasteiger partial charge in [0.05, 0.1) is 13.7 Å². The van der Waals surface area contributed by atoms with E-state index in [1.54, 1.807) is 7.05 Å². The van der Waals surface area contributed by atoms with Crippen molar-refractivity contribution in [1.82, 2.24) is 5.32 Å². The third-order valence-corrected chi connectivity index (χ3v) is 3.91. The highest BCUT2D eigenvalue weighted by Crippen LogP contribution is 2.23. The zero-order chi connectivity index (χ0) is 13.4. The molecule has 18 heavy (non-hydrogen) atoms. The van der Waals surface area contributed by atoms with Crippen LogP contribution in [0.15, 0.2) is 0 Å². The van der Waals surface area contributed by atoms with Crippen molar-refractivity contribution < 1.29 is 14.3 Å². The summed E-state index contributed by atoms with van der Waals surface area (Å²) in [5.41, 5.74) is -0.737. The number of rotatable bonds is 6. The van der Waals surface area contributed by atoms with Gasteiger partial charge >= 0.3 is 5.97 Å². The number of esters is 1. The summed E-state index contributed by atoms with van der Waals surface area (Å²) < 4.78 is 10.5. The van der Waals surface area contributed by atoms with Crippen LogP contribution in [0.4, 0.5) is 0 Å². The van der Waals surface area contributed by atoms with Gasteiger partial charge in [-0.2, -0.15) is 0 Å². The molecule has 1 unspecified atom stereocenters. The third kappa shape index (κ3) is 4.58. The Hall–Kier alpha value is -0.610. The summed E-state index contributed by atoms with van der Waals surface area (Å²) in [5.74, 6) is 0.386. The Bertz CT molecular complexity index is 249. The smallest absolute Gasteiger partial charge is 0.328 e. The Morgan fingerprint density at radius 1 is 1.28 bits per heavy atom. The fourth-order valence-electron chi connectivity index (χ4n) is 2.42. The molecule has 0 amide bonds. The fourth-order valence-corrected chi connectivity index (χ4v) is 2.42. The van der Waals surface area contributed by atoms with E-state index in [1.807, 2.05) is 6.92 Å². The highest BCUT2D eigenvalue weighted by Gasteiger charge is 2.33. The molecule has 4 heteroatoms. The molecule has 1 fully saturated rings. The van der Waals surface area contributed by atoms with Gasteiger partial charge in [0.25, 0.3) is 0 Å². The summed E-state index contributed by atoms with van der Waals surface area (Å²) >= 11 is 0. The van der Waals surface area contributed by atoms with Gasteiger partial charge in [-0.05, 0) is 32.7 Å². The lowest BCUT2D eigenvalue weighted by Crippen LogP contribution is -2.52. The average molecular weight is 257 g/mol. The molecule has 1 saturated carbocycles. The van der Waals surface area contributed by atoms with E-state index in [4.69, 9.17) is 9.47 Å². The van der Waals surface area contributed by atoms with Gasteiger partial charge in [0, 0.05) is 6.61 Å². The summed E-state index contributed by atoms with van der Waals surface area (Å²) in [6.45, 7) is 2.94. The molecule has 0 aromatic rings. The molecule has 4 nitrogen and oxygen atoms in total. The monoisotopic (exact) mass is 257 g/mol. The zero-order valence-electron chi connectivity index (χ0n) is 12.0. The normalized spacial score (nSPS) is 21.1. The van der Waals surface area contributed by atoms with Crippen molar-refractivity contribution in [2.24, 2.45) is 5.92 Å². The second-order valence-electron chi connectivity index (χ2n) is 5.45. The highest BCUT2D eigenvalue weighted by atomic mass is 16.5. The third-order valence-electron chi connectivity index (χ3n) is 3.91. The van der Waals surface area contributed by atoms with Crippen LogP contribution in [0.1, 0.15) is 45.4 Å². The standard InChI is InChI=1S/C14H27NO3/c1-14(15-2,13(16)17-3)11-18-10-12-8-6-4-5-7-9-12/h12,15H,4-11H2,1-3H3. The van der Waals surface area contributed by atoms with Crippen LogP contribution in [0.2, 0.25) is 0 Å². The maximum atomic E-state index is 11.6. The number of ether oxygens (including phenoxy) is 2. The van der Waals surface area contributed by atoms with E-state index in [2.05, 4.69) is 5.32 Å². The van der Waals surface area contributed by atoms with Crippen LogP contribution in [-0.4, -0.2) is 38.9 Å². The van der Waals surface area contributed by atoms with Gasteiger partial charge in [-0.25, -0.2) is 4.79 Å². The topological polar surface area (TPSA) is 47.6 Å². The van der Waals surface area contributed by atoms with Crippen LogP contribution in [0.25, 0.3) is 0 Å². The number of hydrogen-bond acceptors (Lipinski definition) is 4. The number of nitrogens with one attached hydrogen (secondary N) is 1. The first kappa shape index (κ1) is 15.4. The van der Waals surface area contributed by atoms with Gasteiger partial charge in [0.2, 0.25) is 0 Å². The van der Waals surface area contributed by atoms with Crippen LogP contribution < -0.4 is 5.32 Å². The molecule has 0 saturated heterocycles. The second-order valence-corrected chi connectivity index (χ2v) is 5.45. The fraction of sp³-hybridized carbons (Fsp3) is 0.929. The molecule has 1 aliphatic carbocycles. The van der Waals surface area contributed by atoms with Gasteiger partial charge in [0.1, 0.15) is 5.54 Å². The predicted molar refractivity (Wildman–Crippen MR) is 71.5 cm³/mol. The van der Waals surface area contributed by atoms with E-state index in [0.717, 1.165) is 6.61 Å². The first-order valence-electron chi connectivity index (χ1n) is 6.97. The summed E-state index contributed by atoms with van der Waals surface area (Å²) in [4.78, 5) is 11.6. The molecule has 0 aliphatic heterocycles. The molecule has 0 aromatic heterocycles.